The van der Waals surface area contributed by atoms with Crippen LogP contribution in [0.15, 0.2) is 23.2 Å². The SMILES string of the molecule is CCCCn1nc(C(C)(C)C)sc1=NC(=O)c1cc(C(F)(F)F)ccc1N(C)N(C)C(=O)OC(C)(C)C. The molecule has 0 aliphatic rings. The van der Waals surface area contributed by atoms with Gasteiger partial charge in [0.25, 0.3) is 5.91 Å². The fourth-order valence-corrected chi connectivity index (χ4v) is 4.06. The van der Waals surface area contributed by atoms with E-state index in [1.54, 1.807) is 25.5 Å². The number of unbranched alkanes of at least 4 members (excludes halogenated alkanes) is 1. The number of hydrazine groups is 1. The van der Waals surface area contributed by atoms with Crippen LogP contribution in [0.4, 0.5) is 23.7 Å². The van der Waals surface area contributed by atoms with Crippen molar-refractivity contribution in [3.8, 4) is 0 Å². The van der Waals surface area contributed by atoms with Crippen LogP contribution in [0.5, 0.6) is 0 Å². The number of carbonyl (C=O) groups is 2. The van der Waals surface area contributed by atoms with Gasteiger partial charge in [0, 0.05) is 26.1 Å². The molecule has 12 heteroatoms. The van der Waals surface area contributed by atoms with Crippen LogP contribution in [0.2, 0.25) is 0 Å². The molecule has 0 atom stereocenters. The normalized spacial score (nSPS) is 13.0. The van der Waals surface area contributed by atoms with Crippen LogP contribution in [0.1, 0.15) is 82.2 Å². The van der Waals surface area contributed by atoms with Gasteiger partial charge in [-0.25, -0.2) is 14.5 Å². The number of rotatable bonds is 6. The smallest absolute Gasteiger partial charge is 0.429 e. The van der Waals surface area contributed by atoms with Crippen LogP contribution in [0.25, 0.3) is 0 Å². The molecule has 2 aromatic rings. The highest BCUT2D eigenvalue weighted by molar-refractivity contribution is 7.09. The Hall–Kier alpha value is -2.89. The minimum atomic E-state index is -4.67. The average Bonchev–Trinajstić information content (AvgIpc) is 3.17. The Morgan fingerprint density at radius 3 is 2.24 bits per heavy atom. The summed E-state index contributed by atoms with van der Waals surface area (Å²) in [5, 5.41) is 7.69. The number of ether oxygens (including phenoxy) is 1. The largest absolute Gasteiger partial charge is 0.442 e. The molecule has 1 heterocycles. The van der Waals surface area contributed by atoms with Crippen molar-refractivity contribution in [2.75, 3.05) is 19.1 Å². The molecule has 0 bridgehead atoms. The first kappa shape index (κ1) is 30.3. The predicted octanol–water partition coefficient (Wildman–Crippen LogP) is 6.02. The number of nitrogens with zero attached hydrogens (tertiary/aromatic N) is 5. The number of aryl methyl sites for hydroxylation is 1. The van der Waals surface area contributed by atoms with Gasteiger partial charge in [-0.3, -0.25) is 9.80 Å². The first-order chi connectivity index (χ1) is 16.8. The van der Waals surface area contributed by atoms with E-state index >= 15 is 0 Å². The lowest BCUT2D eigenvalue weighted by Crippen LogP contribution is -2.44. The van der Waals surface area contributed by atoms with Crippen molar-refractivity contribution in [3.05, 3.63) is 39.1 Å². The van der Waals surface area contributed by atoms with E-state index in [-0.39, 0.29) is 16.7 Å². The van der Waals surface area contributed by atoms with Gasteiger partial charge in [0.2, 0.25) is 4.80 Å². The Balaban J connectivity index is 2.63. The molecule has 0 unspecified atom stereocenters. The third kappa shape index (κ3) is 8.05. The van der Waals surface area contributed by atoms with E-state index in [0.717, 1.165) is 41.1 Å². The maximum atomic E-state index is 13.5. The number of aromatic nitrogens is 2. The lowest BCUT2D eigenvalue weighted by atomic mass is 9.98. The molecule has 0 radical (unpaired) electrons. The van der Waals surface area contributed by atoms with Crippen LogP contribution in [-0.2, 0) is 22.9 Å². The highest BCUT2D eigenvalue weighted by Gasteiger charge is 2.33. The molecule has 0 N–H and O–H groups in total. The molecule has 0 saturated carbocycles. The summed E-state index contributed by atoms with van der Waals surface area (Å²) >= 11 is 1.23. The van der Waals surface area contributed by atoms with Crippen LogP contribution in [0.3, 0.4) is 0 Å². The predicted molar refractivity (Wildman–Crippen MR) is 137 cm³/mol. The summed E-state index contributed by atoms with van der Waals surface area (Å²) in [4.78, 5) is 30.5. The minimum Gasteiger partial charge on any atom is -0.442 e. The molecule has 0 spiro atoms. The third-order valence-corrected chi connectivity index (χ3v) is 6.57. The first-order valence-electron chi connectivity index (χ1n) is 11.9. The Morgan fingerprint density at radius 2 is 1.73 bits per heavy atom. The van der Waals surface area contributed by atoms with Crippen molar-refractivity contribution in [1.29, 1.82) is 0 Å². The molecule has 0 saturated heterocycles. The Labute approximate surface area is 219 Å². The molecule has 2 rings (SSSR count). The summed E-state index contributed by atoms with van der Waals surface area (Å²) in [6.45, 7) is 13.6. The zero-order valence-corrected chi connectivity index (χ0v) is 23.7. The monoisotopic (exact) mass is 543 g/mol. The van der Waals surface area contributed by atoms with E-state index in [4.69, 9.17) is 4.74 Å². The summed E-state index contributed by atoms with van der Waals surface area (Å²) in [6, 6.07) is 2.75. The van der Waals surface area contributed by atoms with Crippen LogP contribution in [-0.4, -0.2) is 46.5 Å². The van der Waals surface area contributed by atoms with Gasteiger partial charge in [-0.2, -0.15) is 23.3 Å². The molecule has 0 aliphatic carbocycles. The summed E-state index contributed by atoms with van der Waals surface area (Å²) in [5.74, 6) is -0.875. The van der Waals surface area contributed by atoms with Gasteiger partial charge in [0.1, 0.15) is 10.6 Å². The second kappa shape index (κ2) is 11.2. The van der Waals surface area contributed by atoms with Crippen LogP contribution >= 0.6 is 11.3 Å². The lowest BCUT2D eigenvalue weighted by Gasteiger charge is -2.33. The molecule has 1 aromatic heterocycles. The average molecular weight is 544 g/mol. The Kier molecular flexibility index (Phi) is 9.22. The van der Waals surface area contributed by atoms with E-state index in [1.165, 1.54) is 30.4 Å². The molecular weight excluding hydrogens is 507 g/mol. The molecule has 8 nitrogen and oxygen atoms in total. The summed E-state index contributed by atoms with van der Waals surface area (Å²) in [7, 11) is 2.85. The van der Waals surface area contributed by atoms with Crippen LogP contribution in [0, 0.1) is 0 Å². The van der Waals surface area contributed by atoms with Gasteiger partial charge in [-0.1, -0.05) is 45.5 Å². The van der Waals surface area contributed by atoms with Crippen molar-refractivity contribution in [2.45, 2.75) is 85.0 Å². The zero-order valence-electron chi connectivity index (χ0n) is 22.9. The van der Waals surface area contributed by atoms with Gasteiger partial charge in [0.05, 0.1) is 16.8 Å². The van der Waals surface area contributed by atoms with Crippen molar-refractivity contribution in [2.24, 2.45) is 4.99 Å². The fourth-order valence-electron chi connectivity index (χ4n) is 3.07. The number of amides is 2. The quantitative estimate of drug-likeness (QED) is 0.416. The molecule has 37 heavy (non-hydrogen) atoms. The second-order valence-corrected chi connectivity index (χ2v) is 11.6. The highest BCUT2D eigenvalue weighted by Crippen LogP contribution is 2.33. The molecule has 0 fully saturated rings. The Morgan fingerprint density at radius 1 is 1.11 bits per heavy atom. The number of anilines is 1. The Bertz CT molecular complexity index is 1190. The van der Waals surface area contributed by atoms with Crippen molar-refractivity contribution >= 4 is 29.0 Å². The highest BCUT2D eigenvalue weighted by atomic mass is 32.1. The standard InChI is InChI=1S/C25H36F3N5O3S/c1-10-11-14-33-21(37-20(30-33)23(2,3)4)29-19(34)17-15-16(25(26,27)28)12-13-18(17)31(8)32(9)22(35)36-24(5,6)7/h12-13,15H,10-11,14H2,1-9H3. The number of hydrogen-bond donors (Lipinski definition) is 0. The van der Waals surface area contributed by atoms with Gasteiger partial charge in [-0.15, -0.1) is 0 Å². The maximum Gasteiger partial charge on any atom is 0.429 e. The van der Waals surface area contributed by atoms with E-state index in [1.807, 2.05) is 27.7 Å². The van der Waals surface area contributed by atoms with Gasteiger partial charge >= 0.3 is 12.3 Å². The van der Waals surface area contributed by atoms with E-state index in [9.17, 15) is 22.8 Å². The molecule has 0 aliphatic heterocycles. The first-order valence-corrected chi connectivity index (χ1v) is 12.8. The third-order valence-electron chi connectivity index (χ3n) is 5.19. The van der Waals surface area contributed by atoms with Crippen LogP contribution < -0.4 is 9.81 Å². The number of alkyl halides is 3. The molecular formula is C25H36F3N5O3S. The summed E-state index contributed by atoms with van der Waals surface area (Å²) in [6.07, 6.45) is -3.72. The number of halogens is 3. The molecule has 2 amide bonds. The lowest BCUT2D eigenvalue weighted by molar-refractivity contribution is -0.137. The topological polar surface area (TPSA) is 80.0 Å². The number of carbonyl (C=O) groups excluding carboxylic acids is 2. The van der Waals surface area contributed by atoms with Gasteiger partial charge in [0.15, 0.2) is 0 Å². The molecule has 1 aromatic carbocycles. The van der Waals surface area contributed by atoms with Crippen molar-refractivity contribution < 1.29 is 27.5 Å². The van der Waals surface area contributed by atoms with E-state index in [2.05, 4.69) is 10.1 Å². The maximum absolute atomic E-state index is 13.5. The number of hydrogen-bond acceptors (Lipinski definition) is 6. The zero-order chi connectivity index (χ0) is 28.3. The van der Waals surface area contributed by atoms with Crippen molar-refractivity contribution in [1.82, 2.24) is 14.8 Å². The second-order valence-electron chi connectivity index (χ2n) is 10.7. The van der Waals surface area contributed by atoms with E-state index < -0.39 is 29.3 Å². The number of benzene rings is 1. The van der Waals surface area contributed by atoms with Gasteiger partial charge in [-0.05, 0) is 45.4 Å². The fraction of sp³-hybridized carbons (Fsp3) is 0.600. The summed E-state index contributed by atoms with van der Waals surface area (Å²) < 4.78 is 47.6. The summed E-state index contributed by atoms with van der Waals surface area (Å²) in [5.41, 5.74) is -2.32. The minimum absolute atomic E-state index is 0.0655. The molecule has 206 valence electrons. The van der Waals surface area contributed by atoms with Crippen molar-refractivity contribution in [3.63, 3.8) is 0 Å². The van der Waals surface area contributed by atoms with E-state index in [0.29, 0.717) is 11.3 Å². The van der Waals surface area contributed by atoms with Gasteiger partial charge < -0.3 is 4.74 Å².